The van der Waals surface area contributed by atoms with Crippen molar-refractivity contribution in [1.82, 2.24) is 9.55 Å². The van der Waals surface area contributed by atoms with Crippen molar-refractivity contribution < 1.29 is 14.3 Å². The molecule has 7 nitrogen and oxygen atoms in total. The number of aromatic amines is 1. The number of fused-ring (bicyclic) bond motifs is 1. The van der Waals surface area contributed by atoms with Gasteiger partial charge in [-0.05, 0) is 42.5 Å². The summed E-state index contributed by atoms with van der Waals surface area (Å²) in [7, 11) is 2.79. The van der Waals surface area contributed by atoms with Crippen molar-refractivity contribution in [3.8, 4) is 11.4 Å². The summed E-state index contributed by atoms with van der Waals surface area (Å²) in [6.07, 6.45) is 0. The maximum atomic E-state index is 12.7. The number of aromatic nitrogens is 2. The van der Waals surface area contributed by atoms with E-state index in [1.54, 1.807) is 24.3 Å². The molecule has 0 radical (unpaired) electrons. The molecule has 2 aromatic carbocycles. The van der Waals surface area contributed by atoms with E-state index in [4.69, 9.17) is 4.74 Å². The van der Waals surface area contributed by atoms with Crippen molar-refractivity contribution in [3.63, 3.8) is 0 Å². The van der Waals surface area contributed by atoms with Crippen molar-refractivity contribution in [2.45, 2.75) is 0 Å². The molecule has 0 saturated carbocycles. The molecule has 0 fully saturated rings. The van der Waals surface area contributed by atoms with E-state index < -0.39 is 17.2 Å². The molecule has 0 spiro atoms. The van der Waals surface area contributed by atoms with Gasteiger partial charge >= 0.3 is 11.7 Å². The number of esters is 1. The standard InChI is InChI=1S/C17H14N2O5/c1-23-12-6-4-11(5-7-12)19-15(20)13-8-3-10(16(21)24-2)9-14(13)18-17(19)22/h3-9H,1-2H3,(H,18,22). The fourth-order valence-corrected chi connectivity index (χ4v) is 2.43. The van der Waals surface area contributed by atoms with Crippen molar-refractivity contribution in [2.24, 2.45) is 0 Å². The summed E-state index contributed by atoms with van der Waals surface area (Å²) in [5, 5.41) is 0.290. The molecule has 122 valence electrons. The molecule has 1 heterocycles. The smallest absolute Gasteiger partial charge is 0.337 e. The van der Waals surface area contributed by atoms with Crippen molar-refractivity contribution in [1.29, 1.82) is 0 Å². The Bertz CT molecular complexity index is 1030. The number of rotatable bonds is 3. The molecular weight excluding hydrogens is 312 g/mol. The number of hydrogen-bond donors (Lipinski definition) is 1. The zero-order chi connectivity index (χ0) is 17.3. The van der Waals surface area contributed by atoms with Gasteiger partial charge in [-0.2, -0.15) is 0 Å². The van der Waals surface area contributed by atoms with Crippen LogP contribution in [0, 0.1) is 0 Å². The van der Waals surface area contributed by atoms with E-state index in [2.05, 4.69) is 9.72 Å². The monoisotopic (exact) mass is 326 g/mol. The summed E-state index contributed by atoms with van der Waals surface area (Å²) in [6.45, 7) is 0. The maximum absolute atomic E-state index is 12.7. The minimum atomic E-state index is -0.598. The van der Waals surface area contributed by atoms with Gasteiger partial charge in [0, 0.05) is 0 Å². The minimum Gasteiger partial charge on any atom is -0.497 e. The highest BCUT2D eigenvalue weighted by Gasteiger charge is 2.12. The van der Waals surface area contributed by atoms with Crippen LogP contribution in [0.4, 0.5) is 0 Å². The molecule has 7 heteroatoms. The van der Waals surface area contributed by atoms with Gasteiger partial charge in [0.15, 0.2) is 0 Å². The summed E-state index contributed by atoms with van der Waals surface area (Å²) in [5.41, 5.74) is -0.129. The van der Waals surface area contributed by atoms with Crippen molar-refractivity contribution >= 4 is 16.9 Å². The molecule has 3 aromatic rings. The third kappa shape index (κ3) is 2.56. The van der Waals surface area contributed by atoms with E-state index in [-0.39, 0.29) is 16.5 Å². The van der Waals surface area contributed by atoms with Gasteiger partial charge in [-0.25, -0.2) is 14.2 Å². The van der Waals surface area contributed by atoms with Gasteiger partial charge in [0.1, 0.15) is 5.75 Å². The zero-order valence-corrected chi connectivity index (χ0v) is 13.0. The zero-order valence-electron chi connectivity index (χ0n) is 13.0. The Morgan fingerprint density at radius 2 is 1.75 bits per heavy atom. The molecule has 0 aliphatic carbocycles. The van der Waals surface area contributed by atoms with Crippen molar-refractivity contribution in [2.75, 3.05) is 14.2 Å². The Kier molecular flexibility index (Phi) is 3.91. The Balaban J connectivity index is 2.21. The number of nitrogens with zero attached hydrogens (tertiary/aromatic N) is 1. The first-order valence-corrected chi connectivity index (χ1v) is 7.07. The molecule has 1 N–H and O–H groups in total. The second-order valence-corrected chi connectivity index (χ2v) is 5.02. The molecule has 0 aliphatic heterocycles. The first-order valence-electron chi connectivity index (χ1n) is 7.07. The van der Waals surface area contributed by atoms with E-state index in [1.807, 2.05) is 0 Å². The van der Waals surface area contributed by atoms with Gasteiger partial charge in [-0.15, -0.1) is 0 Å². The van der Waals surface area contributed by atoms with Gasteiger partial charge in [0.2, 0.25) is 0 Å². The van der Waals surface area contributed by atoms with E-state index in [1.165, 1.54) is 32.4 Å². The first kappa shape index (κ1) is 15.5. The molecule has 24 heavy (non-hydrogen) atoms. The number of nitrogens with one attached hydrogen (secondary N) is 1. The number of benzene rings is 2. The van der Waals surface area contributed by atoms with Crippen molar-refractivity contribution in [3.05, 3.63) is 68.9 Å². The lowest BCUT2D eigenvalue weighted by molar-refractivity contribution is 0.0601. The molecular formula is C17H14N2O5. The molecule has 1 aromatic heterocycles. The lowest BCUT2D eigenvalue weighted by Crippen LogP contribution is -2.33. The Morgan fingerprint density at radius 1 is 1.04 bits per heavy atom. The molecule has 0 saturated heterocycles. The van der Waals surface area contributed by atoms with Crippen LogP contribution in [0.3, 0.4) is 0 Å². The summed E-state index contributed by atoms with van der Waals surface area (Å²) >= 11 is 0. The largest absolute Gasteiger partial charge is 0.497 e. The maximum Gasteiger partial charge on any atom is 0.337 e. The van der Waals surface area contributed by atoms with Crippen LogP contribution in [0.15, 0.2) is 52.1 Å². The van der Waals surface area contributed by atoms with Gasteiger partial charge < -0.3 is 14.5 Å². The lowest BCUT2D eigenvalue weighted by Gasteiger charge is -2.08. The van der Waals surface area contributed by atoms with Crippen LogP contribution in [0.2, 0.25) is 0 Å². The average molecular weight is 326 g/mol. The third-order valence-electron chi connectivity index (χ3n) is 3.65. The second kappa shape index (κ2) is 6.04. The SMILES string of the molecule is COC(=O)c1ccc2c(=O)n(-c3ccc(OC)cc3)c(=O)[nH]c2c1. The van der Waals surface area contributed by atoms with Crippen LogP contribution >= 0.6 is 0 Å². The highest BCUT2D eigenvalue weighted by molar-refractivity contribution is 5.93. The highest BCUT2D eigenvalue weighted by atomic mass is 16.5. The van der Waals surface area contributed by atoms with Crippen LogP contribution in [0.25, 0.3) is 16.6 Å². The summed E-state index contributed by atoms with van der Waals surface area (Å²) < 4.78 is 10.7. The Hall–Kier alpha value is -3.35. The number of hydrogen-bond acceptors (Lipinski definition) is 5. The molecule has 0 bridgehead atoms. The highest BCUT2D eigenvalue weighted by Crippen LogP contribution is 2.14. The van der Waals surface area contributed by atoms with Gasteiger partial charge in [-0.3, -0.25) is 4.79 Å². The number of carbonyl (C=O) groups is 1. The lowest BCUT2D eigenvalue weighted by atomic mass is 10.1. The van der Waals surface area contributed by atoms with Crippen LogP contribution in [-0.4, -0.2) is 29.7 Å². The van der Waals surface area contributed by atoms with E-state index in [0.717, 1.165) is 4.57 Å². The Morgan fingerprint density at radius 3 is 2.38 bits per heavy atom. The summed E-state index contributed by atoms with van der Waals surface area (Å²) in [6, 6.07) is 10.9. The fraction of sp³-hybridized carbons (Fsp3) is 0.118. The molecule has 0 unspecified atom stereocenters. The average Bonchev–Trinajstić information content (AvgIpc) is 2.61. The topological polar surface area (TPSA) is 90.4 Å². The van der Waals surface area contributed by atoms with Gasteiger partial charge in [0.25, 0.3) is 5.56 Å². The van der Waals surface area contributed by atoms with Crippen LogP contribution < -0.4 is 16.0 Å². The molecule has 0 amide bonds. The summed E-state index contributed by atoms with van der Waals surface area (Å²) in [5.74, 6) is 0.0730. The molecule has 0 atom stereocenters. The number of methoxy groups -OCH3 is 2. The Labute approximate surface area is 136 Å². The minimum absolute atomic E-state index is 0.252. The number of carbonyl (C=O) groups excluding carboxylic acids is 1. The predicted molar refractivity (Wildman–Crippen MR) is 88.1 cm³/mol. The van der Waals surface area contributed by atoms with Gasteiger partial charge in [-0.1, -0.05) is 0 Å². The normalized spacial score (nSPS) is 10.6. The van der Waals surface area contributed by atoms with Crippen LogP contribution in [-0.2, 0) is 4.74 Å². The first-order chi connectivity index (χ1) is 11.5. The summed E-state index contributed by atoms with van der Waals surface area (Å²) in [4.78, 5) is 39.2. The van der Waals surface area contributed by atoms with E-state index in [9.17, 15) is 14.4 Å². The quantitative estimate of drug-likeness (QED) is 0.736. The van der Waals surface area contributed by atoms with Crippen LogP contribution in [0.1, 0.15) is 10.4 Å². The second-order valence-electron chi connectivity index (χ2n) is 5.02. The van der Waals surface area contributed by atoms with E-state index >= 15 is 0 Å². The number of H-pyrrole nitrogens is 1. The number of ether oxygens (including phenoxy) is 2. The predicted octanol–water partition coefficient (Wildman–Crippen LogP) is 1.47. The fourth-order valence-electron chi connectivity index (χ4n) is 2.43. The van der Waals surface area contributed by atoms with E-state index in [0.29, 0.717) is 11.4 Å². The van der Waals surface area contributed by atoms with Crippen LogP contribution in [0.5, 0.6) is 5.75 Å². The third-order valence-corrected chi connectivity index (χ3v) is 3.65. The molecule has 3 rings (SSSR count). The van der Waals surface area contributed by atoms with Gasteiger partial charge in [0.05, 0.1) is 36.4 Å². The molecule has 0 aliphatic rings.